The molecule has 0 bridgehead atoms. The van der Waals surface area contributed by atoms with Crippen LogP contribution in [0, 0.1) is 12.8 Å². The molecule has 0 saturated carbocycles. The van der Waals surface area contributed by atoms with Gasteiger partial charge >= 0.3 is 0 Å². The molecule has 2 atom stereocenters. The van der Waals surface area contributed by atoms with Gasteiger partial charge in [0.25, 0.3) is 0 Å². The molecule has 1 aromatic carbocycles. The SMILES string of the molecule is CCCCC(CC)CC(N)c1cc(C)nc2ccccc12. The normalized spacial score (nSPS) is 14.3. The molecule has 0 aliphatic rings. The van der Waals surface area contributed by atoms with E-state index in [1.165, 1.54) is 36.6 Å². The average molecular weight is 284 g/mol. The molecule has 1 aromatic heterocycles. The minimum absolute atomic E-state index is 0.110. The van der Waals surface area contributed by atoms with Gasteiger partial charge in [-0.2, -0.15) is 0 Å². The van der Waals surface area contributed by atoms with Crippen molar-refractivity contribution in [1.82, 2.24) is 4.98 Å². The number of para-hydroxylation sites is 1. The number of aromatic nitrogens is 1. The van der Waals surface area contributed by atoms with Crippen molar-refractivity contribution in [3.8, 4) is 0 Å². The molecule has 2 nitrogen and oxygen atoms in total. The van der Waals surface area contributed by atoms with Gasteiger partial charge in [-0.25, -0.2) is 0 Å². The highest BCUT2D eigenvalue weighted by Crippen LogP contribution is 2.29. The van der Waals surface area contributed by atoms with Gasteiger partial charge in [0.05, 0.1) is 5.52 Å². The molecule has 2 rings (SSSR count). The zero-order valence-corrected chi connectivity index (χ0v) is 13.6. The van der Waals surface area contributed by atoms with Crippen molar-refractivity contribution in [1.29, 1.82) is 0 Å². The van der Waals surface area contributed by atoms with Gasteiger partial charge in [-0.15, -0.1) is 0 Å². The quantitative estimate of drug-likeness (QED) is 0.763. The molecule has 2 unspecified atom stereocenters. The number of aryl methyl sites for hydroxylation is 1. The summed E-state index contributed by atoms with van der Waals surface area (Å²) in [5, 5.41) is 1.21. The van der Waals surface area contributed by atoms with Crippen LogP contribution in [0.3, 0.4) is 0 Å². The Balaban J connectivity index is 2.24. The minimum Gasteiger partial charge on any atom is -0.324 e. The maximum absolute atomic E-state index is 6.55. The summed E-state index contributed by atoms with van der Waals surface area (Å²) >= 11 is 0. The number of nitrogens with zero attached hydrogens (tertiary/aromatic N) is 1. The van der Waals surface area contributed by atoms with E-state index in [2.05, 4.69) is 50.0 Å². The van der Waals surface area contributed by atoms with Crippen LogP contribution in [0.2, 0.25) is 0 Å². The van der Waals surface area contributed by atoms with Crippen LogP contribution in [0.15, 0.2) is 30.3 Å². The number of rotatable bonds is 7. The third-order valence-electron chi connectivity index (χ3n) is 4.41. The summed E-state index contributed by atoms with van der Waals surface area (Å²) in [7, 11) is 0. The predicted octanol–water partition coefficient (Wildman–Crippen LogP) is 5.15. The molecule has 0 aliphatic carbocycles. The van der Waals surface area contributed by atoms with E-state index in [-0.39, 0.29) is 6.04 Å². The topological polar surface area (TPSA) is 38.9 Å². The Labute approximate surface area is 128 Å². The van der Waals surface area contributed by atoms with E-state index in [9.17, 15) is 0 Å². The van der Waals surface area contributed by atoms with E-state index in [1.54, 1.807) is 0 Å². The first-order chi connectivity index (χ1) is 10.2. The van der Waals surface area contributed by atoms with E-state index in [4.69, 9.17) is 5.73 Å². The molecule has 21 heavy (non-hydrogen) atoms. The number of pyridine rings is 1. The summed E-state index contributed by atoms with van der Waals surface area (Å²) in [5.41, 5.74) is 9.92. The highest BCUT2D eigenvalue weighted by atomic mass is 14.7. The van der Waals surface area contributed by atoms with Crippen molar-refractivity contribution < 1.29 is 0 Å². The van der Waals surface area contributed by atoms with Crippen LogP contribution in [0.1, 0.15) is 63.3 Å². The van der Waals surface area contributed by atoms with E-state index in [1.807, 2.05) is 6.07 Å². The smallest absolute Gasteiger partial charge is 0.0708 e. The number of fused-ring (bicyclic) bond motifs is 1. The molecular weight excluding hydrogens is 256 g/mol. The van der Waals surface area contributed by atoms with Gasteiger partial charge in [-0.05, 0) is 37.0 Å². The molecule has 0 aliphatic heterocycles. The monoisotopic (exact) mass is 284 g/mol. The Morgan fingerprint density at radius 2 is 1.95 bits per heavy atom. The highest BCUT2D eigenvalue weighted by Gasteiger charge is 2.16. The van der Waals surface area contributed by atoms with Gasteiger partial charge in [0.1, 0.15) is 0 Å². The fourth-order valence-corrected chi connectivity index (χ4v) is 3.11. The molecule has 2 aromatic rings. The van der Waals surface area contributed by atoms with Gasteiger partial charge < -0.3 is 5.73 Å². The van der Waals surface area contributed by atoms with E-state index >= 15 is 0 Å². The van der Waals surface area contributed by atoms with Crippen LogP contribution in [-0.2, 0) is 0 Å². The van der Waals surface area contributed by atoms with Crippen molar-refractivity contribution in [2.75, 3.05) is 0 Å². The second-order valence-corrected chi connectivity index (χ2v) is 6.13. The summed E-state index contributed by atoms with van der Waals surface area (Å²) in [6, 6.07) is 10.6. The first-order valence-electron chi connectivity index (χ1n) is 8.27. The van der Waals surface area contributed by atoms with Crippen LogP contribution in [0.25, 0.3) is 10.9 Å². The summed E-state index contributed by atoms with van der Waals surface area (Å²) in [6.07, 6.45) is 6.16. The summed E-state index contributed by atoms with van der Waals surface area (Å²) in [4.78, 5) is 4.61. The van der Waals surface area contributed by atoms with Crippen molar-refractivity contribution in [2.45, 2.75) is 58.9 Å². The number of unbranched alkanes of at least 4 members (excludes halogenated alkanes) is 1. The summed E-state index contributed by atoms with van der Waals surface area (Å²) in [6.45, 7) is 6.59. The molecule has 0 radical (unpaired) electrons. The van der Waals surface area contributed by atoms with E-state index < -0.39 is 0 Å². The highest BCUT2D eigenvalue weighted by molar-refractivity contribution is 5.82. The van der Waals surface area contributed by atoms with Crippen LogP contribution in [-0.4, -0.2) is 4.98 Å². The lowest BCUT2D eigenvalue weighted by Gasteiger charge is -2.21. The molecule has 0 spiro atoms. The third kappa shape index (κ3) is 4.04. The summed E-state index contributed by atoms with van der Waals surface area (Å²) in [5.74, 6) is 0.729. The van der Waals surface area contributed by atoms with Gasteiger partial charge in [0.2, 0.25) is 0 Å². The molecule has 0 amide bonds. The van der Waals surface area contributed by atoms with Gasteiger partial charge in [-0.3, -0.25) is 4.98 Å². The van der Waals surface area contributed by atoms with E-state index in [0.29, 0.717) is 0 Å². The zero-order valence-electron chi connectivity index (χ0n) is 13.6. The third-order valence-corrected chi connectivity index (χ3v) is 4.41. The predicted molar refractivity (Wildman–Crippen MR) is 91.3 cm³/mol. The summed E-state index contributed by atoms with van der Waals surface area (Å²) < 4.78 is 0. The van der Waals surface area contributed by atoms with Crippen LogP contribution >= 0.6 is 0 Å². The Hall–Kier alpha value is -1.41. The molecule has 2 heteroatoms. The lowest BCUT2D eigenvalue weighted by atomic mass is 9.88. The Morgan fingerprint density at radius 1 is 1.19 bits per heavy atom. The van der Waals surface area contributed by atoms with Crippen molar-refractivity contribution in [3.63, 3.8) is 0 Å². The molecule has 0 saturated heterocycles. The fraction of sp³-hybridized carbons (Fsp3) is 0.526. The molecule has 114 valence electrons. The molecule has 1 heterocycles. The fourth-order valence-electron chi connectivity index (χ4n) is 3.11. The first-order valence-corrected chi connectivity index (χ1v) is 8.27. The van der Waals surface area contributed by atoms with Crippen molar-refractivity contribution >= 4 is 10.9 Å². The van der Waals surface area contributed by atoms with Crippen LogP contribution < -0.4 is 5.73 Å². The largest absolute Gasteiger partial charge is 0.324 e. The number of nitrogens with two attached hydrogens (primary N) is 1. The zero-order chi connectivity index (χ0) is 15.2. The Morgan fingerprint density at radius 3 is 2.67 bits per heavy atom. The maximum Gasteiger partial charge on any atom is 0.0708 e. The number of hydrogen-bond acceptors (Lipinski definition) is 2. The van der Waals surface area contributed by atoms with Gasteiger partial charge in [0, 0.05) is 17.1 Å². The number of hydrogen-bond donors (Lipinski definition) is 1. The standard InChI is InChI=1S/C19H28N2/c1-4-6-9-15(5-2)13-18(20)17-12-14(3)21-19-11-8-7-10-16(17)19/h7-8,10-12,15,18H,4-6,9,13,20H2,1-3H3. The lowest BCUT2D eigenvalue weighted by Crippen LogP contribution is -2.16. The minimum atomic E-state index is 0.110. The molecular formula is C19H28N2. The first kappa shape index (κ1) is 16.0. The van der Waals surface area contributed by atoms with Gasteiger partial charge in [0.15, 0.2) is 0 Å². The maximum atomic E-state index is 6.55. The van der Waals surface area contributed by atoms with E-state index in [0.717, 1.165) is 23.5 Å². The van der Waals surface area contributed by atoms with Crippen LogP contribution in [0.5, 0.6) is 0 Å². The van der Waals surface area contributed by atoms with Gasteiger partial charge in [-0.1, -0.05) is 57.7 Å². The second kappa shape index (κ2) is 7.56. The van der Waals surface area contributed by atoms with Crippen molar-refractivity contribution in [3.05, 3.63) is 41.6 Å². The van der Waals surface area contributed by atoms with Crippen LogP contribution in [0.4, 0.5) is 0 Å². The molecule has 0 fully saturated rings. The molecule has 2 N–H and O–H groups in total. The lowest BCUT2D eigenvalue weighted by molar-refractivity contribution is 0.389. The average Bonchev–Trinajstić information content (AvgIpc) is 2.50. The Kier molecular flexibility index (Phi) is 5.75. The Bertz CT molecular complexity index is 577. The number of benzene rings is 1. The van der Waals surface area contributed by atoms with Crippen molar-refractivity contribution in [2.24, 2.45) is 11.7 Å². The second-order valence-electron chi connectivity index (χ2n) is 6.13.